The minimum Gasteiger partial charge on any atom is -0.508 e. The predicted molar refractivity (Wildman–Crippen MR) is 99.0 cm³/mol. The first kappa shape index (κ1) is 17.9. The molecular weight excluding hydrogens is 353 g/mol. The summed E-state index contributed by atoms with van der Waals surface area (Å²) in [6, 6.07) is 10.6. The van der Waals surface area contributed by atoms with Crippen LogP contribution in [0.25, 0.3) is 10.9 Å². The maximum absolute atomic E-state index is 12.8. The van der Waals surface area contributed by atoms with E-state index in [4.69, 9.17) is 0 Å². The molecule has 0 radical (unpaired) electrons. The van der Waals surface area contributed by atoms with E-state index in [0.29, 0.717) is 12.5 Å². The summed E-state index contributed by atoms with van der Waals surface area (Å²) >= 11 is 0. The zero-order valence-corrected chi connectivity index (χ0v) is 14.8. The number of phenols is 1. The van der Waals surface area contributed by atoms with Crippen molar-refractivity contribution in [1.82, 2.24) is 9.88 Å². The lowest BCUT2D eigenvalue weighted by Crippen LogP contribution is -2.26. The third kappa shape index (κ3) is 3.67. The molecule has 1 saturated heterocycles. The number of aromatic nitrogens is 1. The van der Waals surface area contributed by atoms with Crippen LogP contribution in [0.1, 0.15) is 35.4 Å². The van der Waals surface area contributed by atoms with Gasteiger partial charge in [-0.1, -0.05) is 12.1 Å². The van der Waals surface area contributed by atoms with Gasteiger partial charge >= 0.3 is 6.18 Å². The molecule has 2 heterocycles. The summed E-state index contributed by atoms with van der Waals surface area (Å²) in [7, 11) is 0. The highest BCUT2D eigenvalue weighted by molar-refractivity contribution is 5.86. The van der Waals surface area contributed by atoms with E-state index >= 15 is 0 Å². The van der Waals surface area contributed by atoms with Crippen molar-refractivity contribution < 1.29 is 18.3 Å². The number of piperidine rings is 1. The van der Waals surface area contributed by atoms with Gasteiger partial charge in [0.05, 0.1) is 5.56 Å². The van der Waals surface area contributed by atoms with E-state index in [1.54, 1.807) is 12.1 Å². The van der Waals surface area contributed by atoms with Gasteiger partial charge in [-0.05, 0) is 73.3 Å². The molecule has 2 N–H and O–H groups in total. The van der Waals surface area contributed by atoms with Gasteiger partial charge in [0.25, 0.3) is 0 Å². The topological polar surface area (TPSA) is 37.2 Å². The summed E-state index contributed by atoms with van der Waals surface area (Å²) in [5, 5.41) is 14.3. The molecule has 27 heavy (non-hydrogen) atoms. The summed E-state index contributed by atoms with van der Waals surface area (Å²) in [5.74, 6) is 0.648. The highest BCUT2D eigenvalue weighted by Gasteiger charge is 2.30. The molecule has 1 fully saturated rings. The summed E-state index contributed by atoms with van der Waals surface area (Å²) in [6.45, 7) is 2.43. The Morgan fingerprint density at radius 3 is 2.41 bits per heavy atom. The van der Waals surface area contributed by atoms with Gasteiger partial charge in [0, 0.05) is 23.6 Å². The van der Waals surface area contributed by atoms with Crippen LogP contribution in [0.2, 0.25) is 0 Å². The van der Waals surface area contributed by atoms with Gasteiger partial charge in [0.1, 0.15) is 5.75 Å². The van der Waals surface area contributed by atoms with Crippen LogP contribution in [0.3, 0.4) is 0 Å². The second kappa shape index (κ2) is 6.93. The maximum Gasteiger partial charge on any atom is 0.416 e. The average Bonchev–Trinajstić information content (AvgIpc) is 3.00. The Labute approximate surface area is 155 Å². The van der Waals surface area contributed by atoms with Gasteiger partial charge in [0.15, 0.2) is 0 Å². The van der Waals surface area contributed by atoms with Crippen LogP contribution < -0.4 is 5.32 Å². The highest BCUT2D eigenvalue weighted by Crippen LogP contribution is 2.35. The number of rotatable bonds is 3. The molecule has 1 aliphatic heterocycles. The van der Waals surface area contributed by atoms with Crippen LogP contribution in [0.15, 0.2) is 48.7 Å². The number of nitrogens with zero attached hydrogens (tertiary/aromatic N) is 1. The second-order valence-electron chi connectivity index (χ2n) is 7.13. The molecule has 0 amide bonds. The number of nitrogens with one attached hydrogen (secondary N) is 1. The third-order valence-electron chi connectivity index (χ3n) is 5.31. The minimum atomic E-state index is -4.32. The predicted octanol–water partition coefficient (Wildman–Crippen LogP) is 4.88. The van der Waals surface area contributed by atoms with Crippen molar-refractivity contribution in [2.75, 3.05) is 13.1 Å². The molecular formula is C21H21F3N2O. The van der Waals surface area contributed by atoms with E-state index in [1.807, 2.05) is 6.07 Å². The van der Waals surface area contributed by atoms with Crippen LogP contribution in [-0.2, 0) is 12.7 Å². The first-order valence-electron chi connectivity index (χ1n) is 9.10. The Morgan fingerprint density at radius 1 is 1.04 bits per heavy atom. The molecule has 1 aliphatic rings. The van der Waals surface area contributed by atoms with Crippen LogP contribution in [-0.4, -0.2) is 22.8 Å². The van der Waals surface area contributed by atoms with E-state index in [9.17, 15) is 18.3 Å². The summed E-state index contributed by atoms with van der Waals surface area (Å²) in [6.07, 6.45) is -0.153. The number of phenolic OH excluding ortho intramolecular Hbond substituents is 1. The molecule has 0 unspecified atom stereocenters. The first-order valence-corrected chi connectivity index (χ1v) is 9.10. The molecule has 3 aromatic rings. The lowest BCUT2D eigenvalue weighted by Gasteiger charge is -2.22. The monoisotopic (exact) mass is 374 g/mol. The smallest absolute Gasteiger partial charge is 0.416 e. The summed E-state index contributed by atoms with van der Waals surface area (Å²) < 4.78 is 40.4. The van der Waals surface area contributed by atoms with E-state index in [1.165, 1.54) is 17.7 Å². The first-order chi connectivity index (χ1) is 12.9. The van der Waals surface area contributed by atoms with Crippen molar-refractivity contribution in [3.05, 3.63) is 65.4 Å². The van der Waals surface area contributed by atoms with E-state index in [2.05, 4.69) is 16.1 Å². The van der Waals surface area contributed by atoms with Crippen LogP contribution >= 0.6 is 0 Å². The fourth-order valence-corrected chi connectivity index (χ4v) is 3.90. The van der Waals surface area contributed by atoms with Gasteiger partial charge in [-0.2, -0.15) is 13.2 Å². The molecule has 3 nitrogen and oxygen atoms in total. The van der Waals surface area contributed by atoms with Gasteiger partial charge < -0.3 is 15.0 Å². The fraction of sp³-hybridized carbons (Fsp3) is 0.333. The molecule has 4 rings (SSSR count). The lowest BCUT2D eigenvalue weighted by atomic mass is 9.90. The Kier molecular flexibility index (Phi) is 4.60. The second-order valence-corrected chi connectivity index (χ2v) is 7.13. The fourth-order valence-electron chi connectivity index (χ4n) is 3.90. The largest absolute Gasteiger partial charge is 0.508 e. The van der Waals surface area contributed by atoms with Gasteiger partial charge in [-0.3, -0.25) is 0 Å². The van der Waals surface area contributed by atoms with Crippen LogP contribution in [0, 0.1) is 0 Å². The summed E-state index contributed by atoms with van der Waals surface area (Å²) in [5.41, 5.74) is 2.37. The van der Waals surface area contributed by atoms with E-state index in [-0.39, 0.29) is 5.75 Å². The zero-order chi connectivity index (χ0) is 19.0. The Morgan fingerprint density at radius 2 is 1.74 bits per heavy atom. The molecule has 0 aliphatic carbocycles. The molecule has 2 aromatic carbocycles. The average molecular weight is 374 g/mol. The Balaban J connectivity index is 1.69. The molecule has 0 spiro atoms. The Bertz CT molecular complexity index is 938. The van der Waals surface area contributed by atoms with Crippen molar-refractivity contribution in [3.8, 4) is 5.75 Å². The molecule has 0 bridgehead atoms. The molecule has 1 aromatic heterocycles. The van der Waals surface area contributed by atoms with E-state index < -0.39 is 11.7 Å². The van der Waals surface area contributed by atoms with Gasteiger partial charge in [0.2, 0.25) is 0 Å². The van der Waals surface area contributed by atoms with Gasteiger partial charge in [-0.25, -0.2) is 0 Å². The number of hydrogen-bond acceptors (Lipinski definition) is 2. The third-order valence-corrected chi connectivity index (χ3v) is 5.31. The molecule has 0 atom stereocenters. The normalized spacial score (nSPS) is 16.1. The quantitative estimate of drug-likeness (QED) is 0.686. The number of alkyl halides is 3. The van der Waals surface area contributed by atoms with Crippen molar-refractivity contribution in [2.45, 2.75) is 31.5 Å². The number of hydrogen-bond donors (Lipinski definition) is 2. The standard InChI is InChI=1S/C21H21F3N2O/c22-21(23,24)16-3-1-14(2-4-16)12-26-13-19(15-7-9-25-10-8-15)18-11-17(27)5-6-20(18)26/h1-6,11,13,15,25,27H,7-10,12H2. The number of halogens is 3. The number of fused-ring (bicyclic) bond motifs is 1. The number of aromatic hydroxyl groups is 1. The van der Waals surface area contributed by atoms with Crippen molar-refractivity contribution in [1.29, 1.82) is 0 Å². The summed E-state index contributed by atoms with van der Waals surface area (Å²) in [4.78, 5) is 0. The molecule has 6 heteroatoms. The van der Waals surface area contributed by atoms with Crippen LogP contribution in [0.4, 0.5) is 13.2 Å². The highest BCUT2D eigenvalue weighted by atomic mass is 19.4. The molecule has 0 saturated carbocycles. The molecule has 142 valence electrons. The van der Waals surface area contributed by atoms with Gasteiger partial charge in [-0.15, -0.1) is 0 Å². The zero-order valence-electron chi connectivity index (χ0n) is 14.8. The SMILES string of the molecule is Oc1ccc2c(c1)c(C1CCNCC1)cn2Cc1ccc(C(F)(F)F)cc1. The van der Waals surface area contributed by atoms with Crippen LogP contribution in [0.5, 0.6) is 5.75 Å². The lowest BCUT2D eigenvalue weighted by molar-refractivity contribution is -0.137. The Hall–Kier alpha value is -2.47. The van der Waals surface area contributed by atoms with Crippen molar-refractivity contribution >= 4 is 10.9 Å². The van der Waals surface area contributed by atoms with Crippen molar-refractivity contribution in [3.63, 3.8) is 0 Å². The number of benzene rings is 2. The minimum absolute atomic E-state index is 0.227. The van der Waals surface area contributed by atoms with E-state index in [0.717, 1.165) is 54.5 Å². The van der Waals surface area contributed by atoms with Crippen molar-refractivity contribution in [2.24, 2.45) is 0 Å². The maximum atomic E-state index is 12.8.